The highest BCUT2D eigenvalue weighted by molar-refractivity contribution is 5.94. The number of aromatic nitrogens is 1. The van der Waals surface area contributed by atoms with Crippen LogP contribution in [0.4, 0.5) is 0 Å². The summed E-state index contributed by atoms with van der Waals surface area (Å²) in [6, 6.07) is 3.68. The van der Waals surface area contributed by atoms with Gasteiger partial charge in [-0.2, -0.15) is 0 Å². The van der Waals surface area contributed by atoms with Crippen LogP contribution in [0.1, 0.15) is 36.0 Å². The van der Waals surface area contributed by atoms with Gasteiger partial charge in [-0.15, -0.1) is 0 Å². The summed E-state index contributed by atoms with van der Waals surface area (Å²) in [4.78, 5) is 15.3. The molecule has 0 radical (unpaired) electrons. The second kappa shape index (κ2) is 3.95. The lowest BCUT2D eigenvalue weighted by Gasteiger charge is -2.56. The minimum atomic E-state index is -0.502. The molecule has 0 bridgehead atoms. The van der Waals surface area contributed by atoms with Gasteiger partial charge >= 0.3 is 0 Å². The summed E-state index contributed by atoms with van der Waals surface area (Å²) in [5.74, 6) is -0.147. The van der Waals surface area contributed by atoms with Gasteiger partial charge in [0.15, 0.2) is 0 Å². The van der Waals surface area contributed by atoms with Crippen molar-refractivity contribution in [2.45, 2.75) is 37.8 Å². The predicted molar refractivity (Wildman–Crippen MR) is 66.0 cm³/mol. The number of carbonyl (C=O) groups excluding carboxylic acids is 1. The van der Waals surface area contributed by atoms with E-state index in [1.807, 2.05) is 0 Å². The van der Waals surface area contributed by atoms with Crippen molar-refractivity contribution in [1.82, 2.24) is 4.98 Å². The number of carbonyl (C=O) groups is 1. The molecule has 0 aromatic carbocycles. The van der Waals surface area contributed by atoms with Gasteiger partial charge in [0.1, 0.15) is 11.7 Å². The van der Waals surface area contributed by atoms with Crippen LogP contribution in [0.3, 0.4) is 0 Å². The van der Waals surface area contributed by atoms with Crippen molar-refractivity contribution in [3.05, 3.63) is 23.9 Å². The molecule has 1 spiro atoms. The van der Waals surface area contributed by atoms with Crippen molar-refractivity contribution < 1.29 is 9.53 Å². The smallest absolute Gasteiger partial charge is 0.254 e. The molecule has 1 aromatic heterocycles. The fourth-order valence-corrected chi connectivity index (χ4v) is 3.21. The number of rotatable bonds is 3. The molecule has 0 saturated heterocycles. The van der Waals surface area contributed by atoms with Crippen LogP contribution in [0, 0.1) is 5.41 Å². The second-order valence-corrected chi connectivity index (χ2v) is 5.54. The van der Waals surface area contributed by atoms with Gasteiger partial charge in [0.25, 0.3) is 5.91 Å². The minimum Gasteiger partial charge on any atom is -0.474 e. The largest absolute Gasteiger partial charge is 0.474 e. The first-order valence-electron chi connectivity index (χ1n) is 6.25. The second-order valence-electron chi connectivity index (χ2n) is 5.54. The van der Waals surface area contributed by atoms with Crippen molar-refractivity contribution in [2.75, 3.05) is 0 Å². The summed E-state index contributed by atoms with van der Waals surface area (Å²) in [6.07, 6.45) is 5.96. The van der Waals surface area contributed by atoms with E-state index in [0.29, 0.717) is 22.9 Å². The van der Waals surface area contributed by atoms with Gasteiger partial charge in [-0.3, -0.25) is 4.79 Å². The third kappa shape index (κ3) is 1.84. The number of hydrogen-bond donors (Lipinski definition) is 2. The summed E-state index contributed by atoms with van der Waals surface area (Å²) in [6.45, 7) is 0. The first kappa shape index (κ1) is 11.5. The molecule has 0 atom stereocenters. The van der Waals surface area contributed by atoms with E-state index in [0.717, 1.165) is 25.7 Å². The Morgan fingerprint density at radius 2 is 2.11 bits per heavy atom. The van der Waals surface area contributed by atoms with Crippen molar-refractivity contribution in [2.24, 2.45) is 16.9 Å². The Kier molecular flexibility index (Phi) is 2.52. The Morgan fingerprint density at radius 1 is 1.39 bits per heavy atom. The lowest BCUT2D eigenvalue weighted by atomic mass is 9.53. The molecule has 0 aliphatic heterocycles. The first-order chi connectivity index (χ1) is 8.58. The first-order valence-corrected chi connectivity index (χ1v) is 6.25. The highest BCUT2D eigenvalue weighted by Gasteiger charge is 2.53. The molecule has 5 heteroatoms. The van der Waals surface area contributed by atoms with Crippen LogP contribution in [0.2, 0.25) is 0 Å². The maximum Gasteiger partial charge on any atom is 0.254 e. The Balaban J connectivity index is 1.63. The SMILES string of the molecule is NC(=O)c1cccnc1O[C@H]1CC2(C[C@@H](N)C2)C1. The van der Waals surface area contributed by atoms with Crippen molar-refractivity contribution >= 4 is 5.91 Å². The Labute approximate surface area is 106 Å². The van der Waals surface area contributed by atoms with Crippen LogP contribution in [0.15, 0.2) is 18.3 Å². The molecule has 2 aliphatic rings. The monoisotopic (exact) mass is 247 g/mol. The lowest BCUT2D eigenvalue weighted by molar-refractivity contribution is -0.0797. The van der Waals surface area contributed by atoms with E-state index in [2.05, 4.69) is 4.98 Å². The molecule has 2 saturated carbocycles. The lowest BCUT2D eigenvalue weighted by Crippen LogP contribution is -2.56. The van der Waals surface area contributed by atoms with Gasteiger partial charge in [0.05, 0.1) is 0 Å². The molecule has 5 nitrogen and oxygen atoms in total. The number of ether oxygens (including phenoxy) is 1. The van der Waals surface area contributed by atoms with Gasteiger partial charge in [0, 0.05) is 12.2 Å². The number of amides is 1. The number of nitrogens with zero attached hydrogens (tertiary/aromatic N) is 1. The van der Waals surface area contributed by atoms with E-state index in [9.17, 15) is 4.79 Å². The van der Waals surface area contributed by atoms with E-state index in [4.69, 9.17) is 16.2 Å². The maximum atomic E-state index is 11.2. The molecule has 2 fully saturated rings. The fraction of sp³-hybridized carbons (Fsp3) is 0.538. The summed E-state index contributed by atoms with van der Waals surface area (Å²) in [7, 11) is 0. The average Bonchev–Trinajstić information content (AvgIpc) is 2.24. The normalized spacial score (nSPS) is 33.6. The highest BCUT2D eigenvalue weighted by atomic mass is 16.5. The summed E-state index contributed by atoms with van der Waals surface area (Å²) < 4.78 is 5.76. The van der Waals surface area contributed by atoms with Crippen molar-refractivity contribution in [3.8, 4) is 5.88 Å². The predicted octanol–water partition coefficient (Wildman–Crippen LogP) is 0.829. The molecule has 4 N–H and O–H groups in total. The molecule has 1 aromatic rings. The van der Waals surface area contributed by atoms with E-state index in [1.54, 1.807) is 18.3 Å². The van der Waals surface area contributed by atoms with Crippen LogP contribution < -0.4 is 16.2 Å². The van der Waals surface area contributed by atoms with Gasteiger partial charge in [-0.05, 0) is 43.2 Å². The standard InChI is InChI=1S/C13H17N3O2/c14-8-4-13(5-8)6-9(7-13)18-12-10(11(15)17)2-1-3-16-12/h1-3,8-9H,4-7,14H2,(H2,15,17)/t8-,9-,13?. The number of hydrogen-bond acceptors (Lipinski definition) is 4. The number of nitrogens with two attached hydrogens (primary N) is 2. The summed E-state index contributed by atoms with van der Waals surface area (Å²) >= 11 is 0. The molecular weight excluding hydrogens is 230 g/mol. The minimum absolute atomic E-state index is 0.144. The summed E-state index contributed by atoms with van der Waals surface area (Å²) in [5, 5.41) is 0. The van der Waals surface area contributed by atoms with Gasteiger partial charge < -0.3 is 16.2 Å². The van der Waals surface area contributed by atoms with Gasteiger partial charge in [-0.1, -0.05) is 0 Å². The van der Waals surface area contributed by atoms with Crippen LogP contribution in [0.25, 0.3) is 0 Å². The van der Waals surface area contributed by atoms with Crippen LogP contribution in [-0.4, -0.2) is 23.0 Å². The average molecular weight is 247 g/mol. The van der Waals surface area contributed by atoms with Gasteiger partial charge in [0.2, 0.25) is 5.88 Å². The van der Waals surface area contributed by atoms with E-state index in [-0.39, 0.29) is 6.10 Å². The molecule has 18 heavy (non-hydrogen) atoms. The molecule has 1 amide bonds. The topological polar surface area (TPSA) is 91.2 Å². The number of primary amides is 1. The summed E-state index contributed by atoms with van der Waals surface area (Å²) in [5.41, 5.74) is 11.9. The molecule has 3 rings (SSSR count). The zero-order valence-corrected chi connectivity index (χ0v) is 10.1. The Hall–Kier alpha value is -1.62. The van der Waals surface area contributed by atoms with E-state index in [1.165, 1.54) is 0 Å². The zero-order chi connectivity index (χ0) is 12.8. The third-order valence-electron chi connectivity index (χ3n) is 4.03. The molecule has 1 heterocycles. The van der Waals surface area contributed by atoms with E-state index >= 15 is 0 Å². The van der Waals surface area contributed by atoms with Gasteiger partial charge in [-0.25, -0.2) is 4.98 Å². The molecule has 2 aliphatic carbocycles. The Bertz CT molecular complexity index is 475. The van der Waals surface area contributed by atoms with Crippen LogP contribution in [-0.2, 0) is 0 Å². The maximum absolute atomic E-state index is 11.2. The molecular formula is C13H17N3O2. The number of pyridine rings is 1. The fourth-order valence-electron chi connectivity index (χ4n) is 3.21. The molecule has 96 valence electrons. The molecule has 0 unspecified atom stereocenters. The van der Waals surface area contributed by atoms with Crippen LogP contribution >= 0.6 is 0 Å². The quantitative estimate of drug-likeness (QED) is 0.827. The van der Waals surface area contributed by atoms with E-state index < -0.39 is 5.91 Å². The van der Waals surface area contributed by atoms with Crippen molar-refractivity contribution in [1.29, 1.82) is 0 Å². The van der Waals surface area contributed by atoms with Crippen molar-refractivity contribution in [3.63, 3.8) is 0 Å². The van der Waals surface area contributed by atoms with Crippen LogP contribution in [0.5, 0.6) is 5.88 Å². The highest BCUT2D eigenvalue weighted by Crippen LogP contribution is 2.56. The Morgan fingerprint density at radius 3 is 2.72 bits per heavy atom. The third-order valence-corrected chi connectivity index (χ3v) is 4.03. The zero-order valence-electron chi connectivity index (χ0n) is 10.1.